The van der Waals surface area contributed by atoms with Crippen LogP contribution in [0.5, 0.6) is 5.75 Å². The summed E-state index contributed by atoms with van der Waals surface area (Å²) in [6.45, 7) is 4.05. The van der Waals surface area contributed by atoms with E-state index in [-0.39, 0.29) is 10.9 Å². The van der Waals surface area contributed by atoms with Gasteiger partial charge in [0.2, 0.25) is 5.91 Å². The molecule has 1 saturated heterocycles. The van der Waals surface area contributed by atoms with E-state index in [2.05, 4.69) is 25.5 Å². The lowest BCUT2D eigenvalue weighted by atomic mass is 10.0. The van der Waals surface area contributed by atoms with E-state index in [9.17, 15) is 26.0 Å². The van der Waals surface area contributed by atoms with Crippen molar-refractivity contribution in [1.29, 1.82) is 0 Å². The van der Waals surface area contributed by atoms with Crippen LogP contribution in [0.25, 0.3) is 10.9 Å². The van der Waals surface area contributed by atoms with Gasteiger partial charge in [-0.3, -0.25) is 13.9 Å². The van der Waals surface area contributed by atoms with E-state index in [4.69, 9.17) is 34.9 Å². The van der Waals surface area contributed by atoms with Gasteiger partial charge in [-0.25, -0.2) is 14.4 Å². The molecular formula is C29H39ClFN5O10S2. The minimum atomic E-state index is -3.67. The number of halogens is 2. The minimum absolute atomic E-state index is 0.00675. The summed E-state index contributed by atoms with van der Waals surface area (Å²) in [6, 6.07) is 7.81. The predicted octanol–water partition coefficient (Wildman–Crippen LogP) is 3.81. The van der Waals surface area contributed by atoms with E-state index in [1.165, 1.54) is 18.5 Å². The molecule has 1 aliphatic rings. The number of piperidine rings is 1. The minimum Gasteiger partial charge on any atom is -0.489 e. The molecule has 2 heterocycles. The third-order valence-electron chi connectivity index (χ3n) is 6.17. The van der Waals surface area contributed by atoms with Crippen molar-refractivity contribution < 1.29 is 49.3 Å². The first-order valence-electron chi connectivity index (χ1n) is 14.2. The largest absolute Gasteiger partial charge is 0.489 e. The lowest BCUT2D eigenvalue weighted by Gasteiger charge is -2.27. The molecule has 2 aromatic carbocycles. The molecule has 0 radical (unpaired) electrons. The number of likely N-dealkylation sites (tertiary alicyclic amines) is 1. The molecule has 3 aromatic rings. The lowest BCUT2D eigenvalue weighted by Crippen LogP contribution is -2.33. The molecule has 4 N–H and O–H groups in total. The van der Waals surface area contributed by atoms with Gasteiger partial charge >= 0.3 is 0 Å². The first kappa shape index (κ1) is 40.7. The van der Waals surface area contributed by atoms with Crippen molar-refractivity contribution in [3.05, 3.63) is 59.1 Å². The molecule has 1 amide bonds. The summed E-state index contributed by atoms with van der Waals surface area (Å²) < 4.78 is 81.5. The van der Waals surface area contributed by atoms with Crippen molar-refractivity contribution in [3.63, 3.8) is 0 Å². The van der Waals surface area contributed by atoms with Crippen LogP contribution in [0.15, 0.2) is 48.3 Å². The first-order chi connectivity index (χ1) is 22.5. The molecule has 1 fully saturated rings. The van der Waals surface area contributed by atoms with Crippen LogP contribution < -0.4 is 15.4 Å². The number of ether oxygens (including phenoxy) is 3. The Morgan fingerprint density at radius 2 is 1.62 bits per heavy atom. The summed E-state index contributed by atoms with van der Waals surface area (Å²) in [5, 5.41) is 6.75. The van der Waals surface area contributed by atoms with Gasteiger partial charge in [0.1, 0.15) is 30.3 Å². The second kappa shape index (κ2) is 19.5. The maximum Gasteiger partial charge on any atom is 0.261 e. The van der Waals surface area contributed by atoms with Gasteiger partial charge in [-0.05, 0) is 37.1 Å². The Kier molecular flexibility index (Phi) is 16.5. The third-order valence-corrected chi connectivity index (χ3v) is 6.46. The third kappa shape index (κ3) is 16.6. The smallest absolute Gasteiger partial charge is 0.261 e. The Labute approximate surface area is 283 Å². The maximum absolute atomic E-state index is 13.6. The normalized spacial score (nSPS) is 13.5. The van der Waals surface area contributed by atoms with E-state index in [0.717, 1.165) is 38.0 Å². The van der Waals surface area contributed by atoms with E-state index < -0.39 is 26.1 Å². The molecular weight excluding hydrogens is 697 g/mol. The maximum atomic E-state index is 13.6. The highest BCUT2D eigenvalue weighted by Gasteiger charge is 2.17. The second-order valence-corrected chi connectivity index (χ2v) is 13.6. The molecule has 0 unspecified atom stereocenters. The zero-order valence-corrected chi connectivity index (χ0v) is 29.2. The van der Waals surface area contributed by atoms with E-state index >= 15 is 0 Å². The molecule has 0 atom stereocenters. The van der Waals surface area contributed by atoms with E-state index in [0.29, 0.717) is 66.2 Å². The van der Waals surface area contributed by atoms with Gasteiger partial charge in [0, 0.05) is 57.1 Å². The van der Waals surface area contributed by atoms with Gasteiger partial charge in [-0.1, -0.05) is 17.2 Å². The van der Waals surface area contributed by atoms with Crippen LogP contribution in [-0.2, 0) is 34.5 Å². The average Bonchev–Trinajstić information content (AvgIpc) is 2.97. The number of nitrogens with zero attached hydrogens (tertiary/aromatic N) is 3. The fraction of sp³-hybridized carbons (Fsp3) is 0.414. The molecule has 0 bridgehead atoms. The number of fused-ring (bicyclic) bond motifs is 1. The Morgan fingerprint density at radius 1 is 1.00 bits per heavy atom. The highest BCUT2D eigenvalue weighted by molar-refractivity contribution is 7.85. The summed E-state index contributed by atoms with van der Waals surface area (Å²) in [4.78, 5) is 24.0. The number of anilines is 3. The quantitative estimate of drug-likeness (QED) is 0.126. The summed E-state index contributed by atoms with van der Waals surface area (Å²) >= 11 is 5.94. The standard InChI is InChI=1S/C27H31ClFN5O4.2CH4O3S/c1-36-10-9-34-7-5-18(6-8-34)13-26(35)33-24-15-20-23(16-25(24)38-12-11-37-2)30-17-31-27(20)32-19-3-4-22(29)21(28)14-19;2*1-5(2,3)4/h3-4,13-17H,5-12H2,1-2H3,(H,33,35)(H,30,31,32);2*1H3,(H,2,3,4). The predicted molar refractivity (Wildman–Crippen MR) is 181 cm³/mol. The fourth-order valence-corrected chi connectivity index (χ4v) is 4.31. The Bertz CT molecular complexity index is 1720. The summed E-state index contributed by atoms with van der Waals surface area (Å²) in [7, 11) is -4.05. The van der Waals surface area contributed by atoms with Gasteiger partial charge in [-0.2, -0.15) is 16.8 Å². The van der Waals surface area contributed by atoms with E-state index in [1.54, 1.807) is 38.5 Å². The number of amides is 1. The molecule has 0 spiro atoms. The molecule has 4 rings (SSSR count). The van der Waals surface area contributed by atoms with Crippen molar-refractivity contribution in [2.45, 2.75) is 12.8 Å². The number of carbonyl (C=O) groups excluding carboxylic acids is 1. The summed E-state index contributed by atoms with van der Waals surface area (Å²) in [5.41, 5.74) is 2.73. The zero-order valence-electron chi connectivity index (χ0n) is 26.8. The van der Waals surface area contributed by atoms with Gasteiger partial charge in [0.15, 0.2) is 0 Å². The Morgan fingerprint density at radius 3 is 2.21 bits per heavy atom. The Balaban J connectivity index is 0.000000700. The molecule has 48 heavy (non-hydrogen) atoms. The molecule has 0 saturated carbocycles. The molecule has 1 aromatic heterocycles. The number of benzene rings is 2. The number of aromatic nitrogens is 2. The van der Waals surface area contributed by atoms with Crippen molar-refractivity contribution >= 4 is 65.8 Å². The SMILES string of the molecule is COCCOc1cc2ncnc(Nc3ccc(F)c(Cl)c3)c2cc1NC(=O)C=C1CCN(CCOC)CC1.CS(=O)(=O)O.CS(=O)(=O)O. The van der Waals surface area contributed by atoms with Gasteiger partial charge in [0.05, 0.1) is 42.0 Å². The molecule has 15 nitrogen and oxygen atoms in total. The second-order valence-electron chi connectivity index (χ2n) is 10.3. The van der Waals surface area contributed by atoms with Crippen LogP contribution >= 0.6 is 11.6 Å². The highest BCUT2D eigenvalue weighted by Crippen LogP contribution is 2.34. The van der Waals surface area contributed by atoms with Crippen molar-refractivity contribution in [2.75, 3.05) is 76.8 Å². The van der Waals surface area contributed by atoms with E-state index in [1.807, 2.05) is 0 Å². The van der Waals surface area contributed by atoms with Crippen LogP contribution in [0.2, 0.25) is 5.02 Å². The number of hydrogen-bond acceptors (Lipinski definition) is 12. The van der Waals surface area contributed by atoms with Crippen LogP contribution in [0.1, 0.15) is 12.8 Å². The highest BCUT2D eigenvalue weighted by atomic mass is 35.5. The van der Waals surface area contributed by atoms with Gasteiger partial charge in [0.25, 0.3) is 20.2 Å². The van der Waals surface area contributed by atoms with Crippen LogP contribution in [0.4, 0.5) is 21.6 Å². The van der Waals surface area contributed by atoms with Crippen molar-refractivity contribution in [1.82, 2.24) is 14.9 Å². The lowest BCUT2D eigenvalue weighted by molar-refractivity contribution is -0.112. The molecule has 1 aliphatic heterocycles. The number of rotatable bonds is 11. The average molecular weight is 736 g/mol. The summed E-state index contributed by atoms with van der Waals surface area (Å²) in [6.07, 6.45) is 6.16. The zero-order chi connectivity index (χ0) is 35.9. The number of methoxy groups -OCH3 is 2. The van der Waals surface area contributed by atoms with Gasteiger partial charge in [-0.15, -0.1) is 0 Å². The number of carbonyl (C=O) groups is 1. The fourth-order valence-electron chi connectivity index (χ4n) is 4.13. The topological polar surface area (TPSA) is 207 Å². The Hall–Kier alpha value is -3.49. The number of hydrogen-bond donors (Lipinski definition) is 4. The van der Waals surface area contributed by atoms with Crippen molar-refractivity contribution in [3.8, 4) is 5.75 Å². The molecule has 19 heteroatoms. The summed E-state index contributed by atoms with van der Waals surface area (Å²) in [5.74, 6) is 0.184. The van der Waals surface area contributed by atoms with Crippen LogP contribution in [-0.4, -0.2) is 113 Å². The van der Waals surface area contributed by atoms with Crippen molar-refractivity contribution in [2.24, 2.45) is 0 Å². The van der Waals surface area contributed by atoms with Gasteiger partial charge < -0.3 is 29.7 Å². The van der Waals surface area contributed by atoms with Crippen LogP contribution in [0, 0.1) is 5.82 Å². The number of nitrogens with one attached hydrogen (secondary N) is 2. The van der Waals surface area contributed by atoms with Crippen LogP contribution in [0.3, 0.4) is 0 Å². The first-order valence-corrected chi connectivity index (χ1v) is 18.2. The monoisotopic (exact) mass is 735 g/mol. The molecule has 0 aliphatic carbocycles. The molecule has 266 valence electrons.